The molecule has 2 unspecified atom stereocenters. The molecule has 0 radical (unpaired) electrons. The fourth-order valence-electron chi connectivity index (χ4n) is 1.93. The molecule has 1 fully saturated rings. The van der Waals surface area contributed by atoms with Gasteiger partial charge in [-0.15, -0.1) is 0 Å². The average molecular weight is 322 g/mol. The highest BCUT2D eigenvalue weighted by Gasteiger charge is 2.30. The molecule has 1 heterocycles. The first kappa shape index (κ1) is 10.9. The third-order valence-electron chi connectivity index (χ3n) is 2.72. The molecule has 0 aliphatic heterocycles. The number of halogens is 1. The molecule has 0 spiro atoms. The summed E-state index contributed by atoms with van der Waals surface area (Å²) in [6.45, 7) is 0. The quantitative estimate of drug-likeness (QED) is 0.804. The molecule has 1 aliphatic carbocycles. The lowest BCUT2D eigenvalue weighted by Gasteiger charge is -2.16. The van der Waals surface area contributed by atoms with Crippen LogP contribution in [-0.2, 0) is 0 Å². The van der Waals surface area contributed by atoms with Crippen molar-refractivity contribution in [2.75, 3.05) is 0 Å². The van der Waals surface area contributed by atoms with Gasteiger partial charge in [0, 0.05) is 0 Å². The lowest BCUT2D eigenvalue weighted by molar-refractivity contribution is 0.0694. The van der Waals surface area contributed by atoms with Crippen LogP contribution in [0.5, 0.6) is 0 Å². The summed E-state index contributed by atoms with van der Waals surface area (Å²) < 4.78 is 2.22. The van der Waals surface area contributed by atoms with Gasteiger partial charge in [0.2, 0.25) is 0 Å². The highest BCUT2D eigenvalue weighted by Crippen LogP contribution is 2.31. The number of aromatic nitrogens is 2. The van der Waals surface area contributed by atoms with Crippen LogP contribution in [0.3, 0.4) is 0 Å². The Bertz CT molecular complexity index is 391. The summed E-state index contributed by atoms with van der Waals surface area (Å²) in [5, 5.41) is 22.6. The Labute approximate surface area is 100 Å². The monoisotopic (exact) mass is 322 g/mol. The lowest BCUT2D eigenvalue weighted by Crippen LogP contribution is -2.20. The predicted octanol–water partition coefficient (Wildman–Crippen LogP) is 1.27. The SMILES string of the molecule is O=C(O)c1cnn(C2CCCC2O)c1I. The minimum Gasteiger partial charge on any atom is -0.478 e. The summed E-state index contributed by atoms with van der Waals surface area (Å²) in [6, 6.07) is -0.0648. The number of nitrogens with zero attached hydrogens (tertiary/aromatic N) is 2. The van der Waals surface area contributed by atoms with E-state index in [1.165, 1.54) is 6.20 Å². The van der Waals surface area contributed by atoms with Gasteiger partial charge < -0.3 is 10.2 Å². The number of aliphatic hydroxyl groups excluding tert-OH is 1. The number of rotatable bonds is 2. The third-order valence-corrected chi connectivity index (χ3v) is 3.80. The van der Waals surface area contributed by atoms with E-state index in [-0.39, 0.29) is 11.6 Å². The van der Waals surface area contributed by atoms with Crippen molar-refractivity contribution in [2.24, 2.45) is 0 Å². The van der Waals surface area contributed by atoms with Crippen LogP contribution in [0.15, 0.2) is 6.20 Å². The lowest BCUT2D eigenvalue weighted by atomic mass is 10.2. The maximum absolute atomic E-state index is 10.8. The number of carboxylic acids is 1. The number of aliphatic hydroxyl groups is 1. The van der Waals surface area contributed by atoms with Gasteiger partial charge in [-0.3, -0.25) is 4.68 Å². The number of aromatic carboxylic acids is 1. The van der Waals surface area contributed by atoms with Crippen LogP contribution >= 0.6 is 22.6 Å². The predicted molar refractivity (Wildman–Crippen MR) is 60.8 cm³/mol. The van der Waals surface area contributed by atoms with Gasteiger partial charge in [-0.2, -0.15) is 5.10 Å². The Balaban J connectivity index is 2.33. The zero-order valence-corrected chi connectivity index (χ0v) is 10.1. The van der Waals surface area contributed by atoms with E-state index in [0.29, 0.717) is 3.70 Å². The second-order valence-corrected chi connectivity index (χ2v) is 4.69. The molecular formula is C9H11IN2O3. The molecule has 0 saturated heterocycles. The average Bonchev–Trinajstić information content (AvgIpc) is 2.71. The first-order chi connectivity index (χ1) is 7.11. The number of hydrogen-bond acceptors (Lipinski definition) is 3. The second kappa shape index (κ2) is 4.09. The van der Waals surface area contributed by atoms with Crippen LogP contribution in [0.1, 0.15) is 35.7 Å². The van der Waals surface area contributed by atoms with Crippen LogP contribution in [0.25, 0.3) is 0 Å². The van der Waals surface area contributed by atoms with Gasteiger partial charge in [0.05, 0.1) is 18.3 Å². The van der Waals surface area contributed by atoms with E-state index >= 15 is 0 Å². The molecule has 1 saturated carbocycles. The maximum atomic E-state index is 10.8. The van der Waals surface area contributed by atoms with E-state index in [2.05, 4.69) is 5.10 Å². The van der Waals surface area contributed by atoms with Crippen molar-refractivity contribution in [3.8, 4) is 0 Å². The number of carbonyl (C=O) groups is 1. The van der Waals surface area contributed by atoms with Crippen molar-refractivity contribution in [1.29, 1.82) is 0 Å². The molecule has 0 amide bonds. The van der Waals surface area contributed by atoms with Gasteiger partial charge in [-0.1, -0.05) is 0 Å². The highest BCUT2D eigenvalue weighted by atomic mass is 127. The van der Waals surface area contributed by atoms with Crippen molar-refractivity contribution in [2.45, 2.75) is 31.4 Å². The van der Waals surface area contributed by atoms with E-state index in [0.717, 1.165) is 19.3 Å². The van der Waals surface area contributed by atoms with E-state index in [1.54, 1.807) is 4.68 Å². The Morgan fingerprint density at radius 3 is 2.80 bits per heavy atom. The third kappa shape index (κ3) is 1.87. The first-order valence-corrected chi connectivity index (χ1v) is 5.83. The second-order valence-electron chi connectivity index (χ2n) is 3.66. The Morgan fingerprint density at radius 1 is 1.60 bits per heavy atom. The van der Waals surface area contributed by atoms with E-state index < -0.39 is 12.1 Å². The zero-order chi connectivity index (χ0) is 11.0. The van der Waals surface area contributed by atoms with Gasteiger partial charge in [0.15, 0.2) is 0 Å². The summed E-state index contributed by atoms with van der Waals surface area (Å²) in [7, 11) is 0. The molecule has 1 aromatic heterocycles. The fraction of sp³-hybridized carbons (Fsp3) is 0.556. The molecule has 1 aliphatic rings. The van der Waals surface area contributed by atoms with Gasteiger partial charge in [-0.05, 0) is 41.9 Å². The summed E-state index contributed by atoms with van der Waals surface area (Å²) >= 11 is 1.96. The zero-order valence-electron chi connectivity index (χ0n) is 7.93. The molecule has 1 aromatic rings. The van der Waals surface area contributed by atoms with Crippen molar-refractivity contribution in [3.63, 3.8) is 0 Å². The van der Waals surface area contributed by atoms with Crippen molar-refractivity contribution in [1.82, 2.24) is 9.78 Å². The Hall–Kier alpha value is -0.630. The van der Waals surface area contributed by atoms with Crippen molar-refractivity contribution < 1.29 is 15.0 Å². The molecular weight excluding hydrogens is 311 g/mol. The molecule has 0 aromatic carbocycles. The minimum absolute atomic E-state index is 0.0648. The van der Waals surface area contributed by atoms with Crippen LogP contribution in [-0.4, -0.2) is 32.1 Å². The summed E-state index contributed by atoms with van der Waals surface area (Å²) in [4.78, 5) is 10.8. The first-order valence-electron chi connectivity index (χ1n) is 4.75. The van der Waals surface area contributed by atoms with Crippen molar-refractivity contribution >= 4 is 28.6 Å². The number of carboxylic acid groups (broad SMARTS) is 1. The van der Waals surface area contributed by atoms with Crippen LogP contribution in [0.2, 0.25) is 0 Å². The van der Waals surface area contributed by atoms with Gasteiger partial charge in [0.25, 0.3) is 0 Å². The summed E-state index contributed by atoms with van der Waals surface area (Å²) in [5.74, 6) is -0.974. The smallest absolute Gasteiger partial charge is 0.340 e. The van der Waals surface area contributed by atoms with Crippen LogP contribution in [0.4, 0.5) is 0 Å². The summed E-state index contributed by atoms with van der Waals surface area (Å²) in [6.07, 6.45) is 3.53. The molecule has 2 atom stereocenters. The largest absolute Gasteiger partial charge is 0.478 e. The molecule has 2 rings (SSSR count). The Morgan fingerprint density at radius 2 is 2.33 bits per heavy atom. The molecule has 15 heavy (non-hydrogen) atoms. The van der Waals surface area contributed by atoms with Gasteiger partial charge >= 0.3 is 5.97 Å². The van der Waals surface area contributed by atoms with Gasteiger partial charge in [0.1, 0.15) is 9.26 Å². The van der Waals surface area contributed by atoms with E-state index in [4.69, 9.17) is 5.11 Å². The van der Waals surface area contributed by atoms with Gasteiger partial charge in [-0.25, -0.2) is 4.79 Å². The number of hydrogen-bond donors (Lipinski definition) is 2. The molecule has 5 nitrogen and oxygen atoms in total. The van der Waals surface area contributed by atoms with E-state index in [1.807, 2.05) is 22.6 Å². The highest BCUT2D eigenvalue weighted by molar-refractivity contribution is 14.1. The van der Waals surface area contributed by atoms with Crippen molar-refractivity contribution in [3.05, 3.63) is 15.5 Å². The molecule has 2 N–H and O–H groups in total. The molecule has 0 bridgehead atoms. The van der Waals surface area contributed by atoms with E-state index in [9.17, 15) is 9.90 Å². The van der Waals surface area contributed by atoms with Crippen LogP contribution in [0, 0.1) is 3.70 Å². The minimum atomic E-state index is -0.974. The maximum Gasteiger partial charge on any atom is 0.340 e. The van der Waals surface area contributed by atoms with Crippen LogP contribution < -0.4 is 0 Å². The standard InChI is InChI=1S/C9H11IN2O3/c10-8-5(9(14)15)4-11-12(8)6-2-1-3-7(6)13/h4,6-7,13H,1-3H2,(H,14,15). The fourth-order valence-corrected chi connectivity index (χ4v) is 2.78. The summed E-state index contributed by atoms with van der Waals surface area (Å²) in [5.41, 5.74) is 0.203. The normalized spacial score (nSPS) is 25.7. The topological polar surface area (TPSA) is 75.3 Å². The molecule has 6 heteroatoms. The molecule has 82 valence electrons. The Kier molecular flexibility index (Phi) is 2.96.